The molecule has 0 aliphatic heterocycles. The fourth-order valence-electron chi connectivity index (χ4n) is 5.87. The minimum Gasteiger partial charge on any atom is -0.386 e. The van der Waals surface area contributed by atoms with Gasteiger partial charge in [0, 0.05) is 23.5 Å². The highest BCUT2D eigenvalue weighted by atomic mass is 35.5. The predicted molar refractivity (Wildman–Crippen MR) is 136 cm³/mol. The van der Waals surface area contributed by atoms with E-state index >= 15 is 0 Å². The Kier molecular flexibility index (Phi) is 7.21. The Morgan fingerprint density at radius 2 is 1.72 bits per heavy atom. The summed E-state index contributed by atoms with van der Waals surface area (Å²) in [6, 6.07) is 8.67. The van der Waals surface area contributed by atoms with Crippen LogP contribution >= 0.6 is 11.6 Å². The molecule has 2 unspecified atom stereocenters. The van der Waals surface area contributed by atoms with Gasteiger partial charge in [-0.05, 0) is 80.0 Å². The zero-order chi connectivity index (χ0) is 28.1. The topological polar surface area (TPSA) is 117 Å². The van der Waals surface area contributed by atoms with Gasteiger partial charge in [0.1, 0.15) is 17.5 Å². The van der Waals surface area contributed by atoms with Crippen molar-refractivity contribution in [2.75, 3.05) is 5.32 Å². The molecule has 0 saturated heterocycles. The van der Waals surface area contributed by atoms with Crippen molar-refractivity contribution in [2.24, 2.45) is 11.8 Å². The van der Waals surface area contributed by atoms with Crippen molar-refractivity contribution in [3.8, 4) is 0 Å². The van der Waals surface area contributed by atoms with Crippen molar-refractivity contribution in [2.45, 2.75) is 47.5 Å². The third-order valence-electron chi connectivity index (χ3n) is 7.84. The summed E-state index contributed by atoms with van der Waals surface area (Å²) in [5.74, 6) is -4.81. The van der Waals surface area contributed by atoms with Crippen molar-refractivity contribution in [1.29, 1.82) is 0 Å². The zero-order valence-corrected chi connectivity index (χ0v) is 21.9. The summed E-state index contributed by atoms with van der Waals surface area (Å²) >= 11 is 6.26. The number of halogens is 4. The Balaban J connectivity index is 1.39. The van der Waals surface area contributed by atoms with Gasteiger partial charge in [-0.25, -0.2) is 21.6 Å². The summed E-state index contributed by atoms with van der Waals surface area (Å²) in [5.41, 5.74) is -1.79. The fourth-order valence-corrected chi connectivity index (χ4v) is 8.27. The van der Waals surface area contributed by atoms with Crippen molar-refractivity contribution in [3.63, 3.8) is 0 Å². The van der Waals surface area contributed by atoms with E-state index < -0.39 is 62.0 Å². The van der Waals surface area contributed by atoms with Crippen LogP contribution in [0.25, 0.3) is 0 Å². The molecule has 12 heteroatoms. The Morgan fingerprint density at radius 3 is 2.36 bits per heavy atom. The van der Waals surface area contributed by atoms with E-state index in [0.29, 0.717) is 12.8 Å². The molecule has 0 spiro atoms. The molecule has 2 aliphatic rings. The SMILES string of the molecule is O=C(Nc1ccc(F)c(F)c1)c1ccc(Cl)c(S(=O)(=O)C2C[C@H]3CC[C@@H](C2)C3(O)[C@H](O)c2cc(F)ccn2)c1. The summed E-state index contributed by atoms with van der Waals surface area (Å²) < 4.78 is 67.9. The van der Waals surface area contributed by atoms with E-state index in [2.05, 4.69) is 10.3 Å². The number of sulfone groups is 1. The Bertz CT molecular complexity index is 1540. The van der Waals surface area contributed by atoms with Crippen LogP contribution in [0.5, 0.6) is 0 Å². The second-order valence-electron chi connectivity index (χ2n) is 10.0. The van der Waals surface area contributed by atoms with Gasteiger partial charge in [0.15, 0.2) is 21.5 Å². The van der Waals surface area contributed by atoms with Gasteiger partial charge in [0.05, 0.1) is 20.9 Å². The second-order valence-corrected chi connectivity index (χ2v) is 12.6. The summed E-state index contributed by atoms with van der Waals surface area (Å²) in [5, 5.41) is 23.9. The Labute approximate surface area is 227 Å². The number of anilines is 1. The third-order valence-corrected chi connectivity index (χ3v) is 10.5. The van der Waals surface area contributed by atoms with Crippen LogP contribution in [0.15, 0.2) is 59.6 Å². The van der Waals surface area contributed by atoms with Gasteiger partial charge in [-0.1, -0.05) is 11.6 Å². The number of hydrogen-bond acceptors (Lipinski definition) is 6. The first-order valence-corrected chi connectivity index (χ1v) is 14.2. The molecule has 2 aliphatic carbocycles. The molecule has 2 fully saturated rings. The molecule has 39 heavy (non-hydrogen) atoms. The van der Waals surface area contributed by atoms with E-state index in [-0.39, 0.29) is 39.7 Å². The zero-order valence-electron chi connectivity index (χ0n) is 20.3. The van der Waals surface area contributed by atoms with E-state index in [9.17, 15) is 36.6 Å². The van der Waals surface area contributed by atoms with E-state index in [4.69, 9.17) is 11.6 Å². The number of pyridine rings is 1. The smallest absolute Gasteiger partial charge is 0.255 e. The maximum absolute atomic E-state index is 13.7. The summed E-state index contributed by atoms with van der Waals surface area (Å²) in [6.07, 6.45) is 0.648. The normalized spacial score (nSPS) is 25.3. The number of aliphatic hydroxyl groups is 2. The van der Waals surface area contributed by atoms with Crippen LogP contribution in [-0.2, 0) is 9.84 Å². The van der Waals surface area contributed by atoms with E-state index in [1.807, 2.05) is 0 Å². The highest BCUT2D eigenvalue weighted by Crippen LogP contribution is 2.56. The summed E-state index contributed by atoms with van der Waals surface area (Å²) in [7, 11) is -4.10. The highest BCUT2D eigenvalue weighted by Gasteiger charge is 2.59. The molecule has 1 amide bonds. The van der Waals surface area contributed by atoms with E-state index in [0.717, 1.165) is 36.4 Å². The van der Waals surface area contributed by atoms with Crippen LogP contribution < -0.4 is 5.32 Å². The number of nitrogens with one attached hydrogen (secondary N) is 1. The lowest BCUT2D eigenvalue weighted by Crippen LogP contribution is -2.52. The molecular formula is C27H24ClF3N2O5S. The van der Waals surface area contributed by atoms with Crippen LogP contribution in [0.1, 0.15) is 47.8 Å². The molecule has 206 valence electrons. The van der Waals surface area contributed by atoms with Crippen LogP contribution in [-0.4, -0.2) is 40.4 Å². The van der Waals surface area contributed by atoms with Gasteiger partial charge < -0.3 is 15.5 Å². The quantitative estimate of drug-likeness (QED) is 0.384. The monoisotopic (exact) mass is 580 g/mol. The number of aromatic nitrogens is 1. The molecule has 1 heterocycles. The van der Waals surface area contributed by atoms with Gasteiger partial charge in [-0.15, -0.1) is 0 Å². The van der Waals surface area contributed by atoms with Crippen molar-refractivity contribution in [1.82, 2.24) is 4.98 Å². The first kappa shape index (κ1) is 27.6. The molecule has 3 N–H and O–H groups in total. The van der Waals surface area contributed by atoms with Crippen LogP contribution in [0.3, 0.4) is 0 Å². The van der Waals surface area contributed by atoms with Gasteiger partial charge in [-0.3, -0.25) is 9.78 Å². The number of aliphatic hydroxyl groups excluding tert-OH is 1. The summed E-state index contributed by atoms with van der Waals surface area (Å²) in [4.78, 5) is 16.5. The Hall–Kier alpha value is -2.99. The number of rotatable bonds is 6. The van der Waals surface area contributed by atoms with Crippen molar-refractivity contribution >= 4 is 33.0 Å². The van der Waals surface area contributed by atoms with Crippen LogP contribution in [0, 0.1) is 29.3 Å². The number of carbonyl (C=O) groups excluding carboxylic acids is 1. The van der Waals surface area contributed by atoms with E-state index in [1.54, 1.807) is 0 Å². The summed E-state index contributed by atoms with van der Waals surface area (Å²) in [6.45, 7) is 0. The lowest BCUT2D eigenvalue weighted by Gasteiger charge is -2.45. The highest BCUT2D eigenvalue weighted by molar-refractivity contribution is 7.92. The molecule has 3 aromatic rings. The van der Waals surface area contributed by atoms with Crippen molar-refractivity contribution in [3.05, 3.63) is 88.5 Å². The molecule has 2 bridgehead atoms. The average molecular weight is 581 g/mol. The van der Waals surface area contributed by atoms with E-state index in [1.165, 1.54) is 18.3 Å². The number of nitrogens with zero attached hydrogens (tertiary/aromatic N) is 1. The molecule has 0 radical (unpaired) electrons. The molecule has 1 aromatic heterocycles. The number of hydrogen-bond donors (Lipinski definition) is 3. The molecule has 7 nitrogen and oxygen atoms in total. The molecule has 5 atom stereocenters. The van der Waals surface area contributed by atoms with Crippen LogP contribution in [0.2, 0.25) is 5.02 Å². The molecule has 5 rings (SSSR count). The lowest BCUT2D eigenvalue weighted by molar-refractivity contribution is -0.146. The standard InChI is InChI=1S/C27H24ClF3N2O5S/c28-20-5-1-14(26(35)33-18-4-6-21(30)22(31)13-18)9-24(20)39(37,38)19-10-15-2-3-16(11-19)27(15,36)25(34)23-12-17(29)7-8-32-23/h1,4-9,12-13,15-16,19,25,34,36H,2-3,10-11H2,(H,33,35)/t15-,16+,19?,25-,27?/m1/s1. The maximum Gasteiger partial charge on any atom is 0.255 e. The van der Waals surface area contributed by atoms with Gasteiger partial charge in [-0.2, -0.15) is 0 Å². The Morgan fingerprint density at radius 1 is 1.03 bits per heavy atom. The maximum atomic E-state index is 13.7. The molecule has 2 saturated carbocycles. The number of benzene rings is 2. The number of fused-ring (bicyclic) bond motifs is 2. The molecular weight excluding hydrogens is 557 g/mol. The first-order chi connectivity index (χ1) is 18.4. The number of amides is 1. The first-order valence-electron chi connectivity index (χ1n) is 12.2. The van der Waals surface area contributed by atoms with Gasteiger partial charge in [0.25, 0.3) is 5.91 Å². The van der Waals surface area contributed by atoms with Gasteiger partial charge >= 0.3 is 0 Å². The van der Waals surface area contributed by atoms with Crippen molar-refractivity contribution < 1.29 is 36.6 Å². The fraction of sp³-hybridized carbons (Fsp3) is 0.333. The minimum absolute atomic E-state index is 0.0172. The average Bonchev–Trinajstić information content (AvgIpc) is 3.05. The lowest BCUT2D eigenvalue weighted by atomic mass is 9.70. The van der Waals surface area contributed by atoms with Crippen LogP contribution in [0.4, 0.5) is 18.9 Å². The van der Waals surface area contributed by atoms with Gasteiger partial charge in [0.2, 0.25) is 0 Å². The number of carbonyl (C=O) groups is 1. The predicted octanol–water partition coefficient (Wildman–Crippen LogP) is 4.83. The third kappa shape index (κ3) is 4.93. The second kappa shape index (κ2) is 10.2. The largest absolute Gasteiger partial charge is 0.386 e. The molecule has 2 aromatic carbocycles. The minimum atomic E-state index is -4.10.